The molecule has 0 saturated carbocycles. The number of ether oxygens (including phenoxy) is 1. The molecule has 3 heteroatoms. The molecule has 0 radical (unpaired) electrons. The molecule has 0 saturated heterocycles. The van der Waals surface area contributed by atoms with Gasteiger partial charge in [0.05, 0.1) is 12.2 Å². The summed E-state index contributed by atoms with van der Waals surface area (Å²) in [6.45, 7) is 4.52. The highest BCUT2D eigenvalue weighted by atomic mass is 32.1. The second kappa shape index (κ2) is 6.59. The largest absolute Gasteiger partial charge is 0.462 e. The lowest BCUT2D eigenvalue weighted by atomic mass is 10.1. The van der Waals surface area contributed by atoms with Gasteiger partial charge >= 0.3 is 5.97 Å². The average Bonchev–Trinajstić information content (AvgIpc) is 2.27. The Labute approximate surface area is 102 Å². The van der Waals surface area contributed by atoms with Crippen LogP contribution in [0.1, 0.15) is 42.1 Å². The standard InChI is InChI=1S/C13H18O2S/c1-3-4-5-8-15-13(14)12-9-11(16)7-6-10(12)2/h6-7,9,16H,3-5,8H2,1-2H3. The Morgan fingerprint density at radius 1 is 1.38 bits per heavy atom. The molecule has 0 spiro atoms. The molecule has 1 rings (SSSR count). The molecule has 0 aliphatic carbocycles. The SMILES string of the molecule is CCCCCOC(=O)c1cc(S)ccc1C. The fourth-order valence-electron chi connectivity index (χ4n) is 1.42. The fraction of sp³-hybridized carbons (Fsp3) is 0.462. The molecule has 1 aromatic rings. The van der Waals surface area contributed by atoms with Gasteiger partial charge in [-0.15, -0.1) is 12.6 Å². The van der Waals surface area contributed by atoms with E-state index in [2.05, 4.69) is 19.6 Å². The van der Waals surface area contributed by atoms with Crippen LogP contribution in [-0.4, -0.2) is 12.6 Å². The summed E-state index contributed by atoms with van der Waals surface area (Å²) in [4.78, 5) is 12.5. The third-order valence-corrected chi connectivity index (χ3v) is 2.70. The highest BCUT2D eigenvalue weighted by Gasteiger charge is 2.10. The third-order valence-electron chi connectivity index (χ3n) is 2.42. The minimum atomic E-state index is -0.246. The number of carbonyl (C=O) groups excluding carboxylic acids is 1. The maximum atomic E-state index is 11.7. The highest BCUT2D eigenvalue weighted by molar-refractivity contribution is 7.80. The van der Waals surface area contributed by atoms with Gasteiger partial charge in [-0.3, -0.25) is 0 Å². The molecule has 0 aromatic heterocycles. The van der Waals surface area contributed by atoms with Gasteiger partial charge in [0, 0.05) is 4.90 Å². The van der Waals surface area contributed by atoms with Gasteiger partial charge in [-0.1, -0.05) is 25.8 Å². The summed E-state index contributed by atoms with van der Waals surface area (Å²) >= 11 is 4.21. The van der Waals surface area contributed by atoms with Crippen LogP contribution in [0.5, 0.6) is 0 Å². The summed E-state index contributed by atoms with van der Waals surface area (Å²) in [6.07, 6.45) is 3.16. The molecule has 0 aliphatic rings. The van der Waals surface area contributed by atoms with Crippen LogP contribution in [0.15, 0.2) is 23.1 Å². The van der Waals surface area contributed by atoms with Crippen LogP contribution in [0.3, 0.4) is 0 Å². The van der Waals surface area contributed by atoms with E-state index in [1.165, 1.54) is 0 Å². The second-order valence-corrected chi connectivity index (χ2v) is 4.36. The van der Waals surface area contributed by atoms with Gasteiger partial charge in [0.15, 0.2) is 0 Å². The minimum absolute atomic E-state index is 0.246. The molecule has 0 N–H and O–H groups in total. The number of unbranched alkanes of at least 4 members (excludes halogenated alkanes) is 2. The molecule has 0 heterocycles. The maximum Gasteiger partial charge on any atom is 0.338 e. The number of esters is 1. The van der Waals surface area contributed by atoms with Crippen LogP contribution >= 0.6 is 12.6 Å². The predicted molar refractivity (Wildman–Crippen MR) is 68.2 cm³/mol. The van der Waals surface area contributed by atoms with Crippen molar-refractivity contribution in [1.82, 2.24) is 0 Å². The van der Waals surface area contributed by atoms with Crippen molar-refractivity contribution >= 4 is 18.6 Å². The van der Waals surface area contributed by atoms with Crippen molar-refractivity contribution in [3.8, 4) is 0 Å². The third kappa shape index (κ3) is 3.89. The van der Waals surface area contributed by atoms with Crippen molar-refractivity contribution in [1.29, 1.82) is 0 Å². The van der Waals surface area contributed by atoms with Gasteiger partial charge in [0.25, 0.3) is 0 Å². The van der Waals surface area contributed by atoms with E-state index in [-0.39, 0.29) is 5.97 Å². The highest BCUT2D eigenvalue weighted by Crippen LogP contribution is 2.15. The molecule has 0 bridgehead atoms. The van der Waals surface area contributed by atoms with E-state index >= 15 is 0 Å². The fourth-order valence-corrected chi connectivity index (χ4v) is 1.63. The topological polar surface area (TPSA) is 26.3 Å². The molecule has 1 aromatic carbocycles. The predicted octanol–water partition coefficient (Wildman–Crippen LogP) is 3.63. The zero-order valence-electron chi connectivity index (χ0n) is 9.82. The molecular weight excluding hydrogens is 220 g/mol. The molecule has 0 amide bonds. The molecule has 2 nitrogen and oxygen atoms in total. The number of rotatable bonds is 5. The first-order valence-electron chi connectivity index (χ1n) is 5.62. The van der Waals surface area contributed by atoms with Crippen molar-refractivity contribution in [3.63, 3.8) is 0 Å². The Morgan fingerprint density at radius 3 is 2.81 bits per heavy atom. The van der Waals surface area contributed by atoms with Crippen LogP contribution in [0, 0.1) is 6.92 Å². The number of thiol groups is 1. The number of hydrogen-bond acceptors (Lipinski definition) is 3. The van der Waals surface area contributed by atoms with E-state index in [0.29, 0.717) is 12.2 Å². The van der Waals surface area contributed by atoms with Crippen LogP contribution in [0.25, 0.3) is 0 Å². The summed E-state index contributed by atoms with van der Waals surface area (Å²) < 4.78 is 5.19. The van der Waals surface area contributed by atoms with E-state index in [4.69, 9.17) is 4.74 Å². The van der Waals surface area contributed by atoms with Crippen molar-refractivity contribution < 1.29 is 9.53 Å². The zero-order valence-corrected chi connectivity index (χ0v) is 10.7. The van der Waals surface area contributed by atoms with Gasteiger partial charge in [0.1, 0.15) is 0 Å². The number of carbonyl (C=O) groups is 1. The number of benzene rings is 1. The first-order valence-corrected chi connectivity index (χ1v) is 6.06. The van der Waals surface area contributed by atoms with Crippen LogP contribution in [-0.2, 0) is 4.74 Å². The molecule has 0 aliphatic heterocycles. The van der Waals surface area contributed by atoms with Crippen LogP contribution in [0.2, 0.25) is 0 Å². The van der Waals surface area contributed by atoms with Crippen molar-refractivity contribution in [2.24, 2.45) is 0 Å². The van der Waals surface area contributed by atoms with Crippen molar-refractivity contribution in [3.05, 3.63) is 29.3 Å². The minimum Gasteiger partial charge on any atom is -0.462 e. The van der Waals surface area contributed by atoms with Crippen molar-refractivity contribution in [2.45, 2.75) is 38.0 Å². The van der Waals surface area contributed by atoms with E-state index in [0.717, 1.165) is 29.7 Å². The summed E-state index contributed by atoms with van der Waals surface area (Å²) in [5.74, 6) is -0.246. The van der Waals surface area contributed by atoms with Crippen LogP contribution < -0.4 is 0 Å². The quantitative estimate of drug-likeness (QED) is 0.481. The van der Waals surface area contributed by atoms with Gasteiger partial charge < -0.3 is 4.74 Å². The summed E-state index contributed by atoms with van der Waals surface area (Å²) in [5, 5.41) is 0. The first-order chi connectivity index (χ1) is 7.65. The molecule has 88 valence electrons. The van der Waals surface area contributed by atoms with Crippen molar-refractivity contribution in [2.75, 3.05) is 6.61 Å². The lowest BCUT2D eigenvalue weighted by Gasteiger charge is -2.07. The van der Waals surface area contributed by atoms with Gasteiger partial charge in [-0.2, -0.15) is 0 Å². The molecule has 16 heavy (non-hydrogen) atoms. The first kappa shape index (κ1) is 13.1. The van der Waals surface area contributed by atoms with Gasteiger partial charge in [0.2, 0.25) is 0 Å². The summed E-state index contributed by atoms with van der Waals surface area (Å²) in [6, 6.07) is 5.50. The van der Waals surface area contributed by atoms with E-state index < -0.39 is 0 Å². The Bertz CT molecular complexity index is 361. The maximum absolute atomic E-state index is 11.7. The Hall–Kier alpha value is -0.960. The molecule has 0 unspecified atom stereocenters. The average molecular weight is 238 g/mol. The Kier molecular flexibility index (Phi) is 5.39. The molecule has 0 atom stereocenters. The van der Waals surface area contributed by atoms with Gasteiger partial charge in [-0.05, 0) is 31.0 Å². The smallest absolute Gasteiger partial charge is 0.338 e. The Balaban J connectivity index is 2.55. The molecular formula is C13H18O2S. The lowest BCUT2D eigenvalue weighted by Crippen LogP contribution is -2.08. The van der Waals surface area contributed by atoms with Gasteiger partial charge in [-0.25, -0.2) is 4.79 Å². The summed E-state index contributed by atoms with van der Waals surface area (Å²) in [7, 11) is 0. The molecule has 0 fully saturated rings. The van der Waals surface area contributed by atoms with E-state index in [9.17, 15) is 4.79 Å². The lowest BCUT2D eigenvalue weighted by molar-refractivity contribution is 0.0497. The van der Waals surface area contributed by atoms with Crippen LogP contribution in [0.4, 0.5) is 0 Å². The Morgan fingerprint density at radius 2 is 2.12 bits per heavy atom. The summed E-state index contributed by atoms with van der Waals surface area (Å²) in [5.41, 5.74) is 1.54. The van der Waals surface area contributed by atoms with E-state index in [1.54, 1.807) is 6.07 Å². The number of hydrogen-bond donors (Lipinski definition) is 1. The monoisotopic (exact) mass is 238 g/mol. The zero-order chi connectivity index (χ0) is 12.0. The second-order valence-electron chi connectivity index (χ2n) is 3.84. The van der Waals surface area contributed by atoms with E-state index in [1.807, 2.05) is 19.1 Å². The normalized spacial score (nSPS) is 10.2. The number of aryl methyl sites for hydroxylation is 1.